The van der Waals surface area contributed by atoms with Crippen LogP contribution in [0.5, 0.6) is 0 Å². The molecule has 2 amide bonds. The van der Waals surface area contributed by atoms with Crippen LogP contribution in [-0.4, -0.2) is 45.3 Å². The van der Waals surface area contributed by atoms with Crippen LogP contribution < -0.4 is 5.32 Å². The van der Waals surface area contributed by atoms with Crippen molar-refractivity contribution in [1.29, 1.82) is 0 Å². The van der Waals surface area contributed by atoms with Crippen LogP contribution in [0.15, 0.2) is 0 Å². The highest BCUT2D eigenvalue weighted by Crippen LogP contribution is 2.28. The third-order valence-electron chi connectivity index (χ3n) is 4.12. The van der Waals surface area contributed by atoms with Crippen LogP contribution in [0.3, 0.4) is 0 Å². The lowest BCUT2D eigenvalue weighted by Gasteiger charge is -2.29. The molecule has 2 N–H and O–H groups in total. The van der Waals surface area contributed by atoms with Gasteiger partial charge < -0.3 is 10.0 Å². The van der Waals surface area contributed by atoms with Gasteiger partial charge in [0, 0.05) is 19.0 Å². The molecule has 1 aromatic heterocycles. The maximum atomic E-state index is 12.2. The van der Waals surface area contributed by atoms with Crippen molar-refractivity contribution in [2.24, 2.45) is 5.92 Å². The number of piperidine rings is 1. The Bertz CT molecular complexity index is 522. The molecule has 2 heterocycles. The van der Waals surface area contributed by atoms with Gasteiger partial charge in [-0.3, -0.25) is 10.1 Å². The number of carbonyl (C=O) groups is 2. The highest BCUT2D eigenvalue weighted by molar-refractivity contribution is 7.15. The lowest BCUT2D eigenvalue weighted by molar-refractivity contribution is -0.143. The molecule has 0 bridgehead atoms. The van der Waals surface area contributed by atoms with E-state index in [4.69, 9.17) is 5.11 Å². The summed E-state index contributed by atoms with van der Waals surface area (Å²) in [5.41, 5.74) is 0. The molecule has 122 valence electrons. The molecule has 0 unspecified atom stereocenters. The van der Waals surface area contributed by atoms with Crippen molar-refractivity contribution in [2.75, 3.05) is 18.4 Å². The minimum absolute atomic E-state index is 0.226. The lowest BCUT2D eigenvalue weighted by Crippen LogP contribution is -2.42. The monoisotopic (exact) mass is 326 g/mol. The molecule has 0 radical (unpaired) electrons. The Labute approximate surface area is 133 Å². The summed E-state index contributed by atoms with van der Waals surface area (Å²) in [5.74, 6) is -0.736. The zero-order chi connectivity index (χ0) is 16.1. The van der Waals surface area contributed by atoms with Crippen LogP contribution in [0.4, 0.5) is 9.93 Å². The van der Waals surface area contributed by atoms with E-state index >= 15 is 0 Å². The van der Waals surface area contributed by atoms with E-state index in [2.05, 4.69) is 29.4 Å². The standard InChI is InChI=1S/C14H22N4O3S/c1-3-9(4-2)11-16-17-13(22-11)15-14(21)18-7-5-10(6-8-18)12(19)20/h9-10H,3-8H2,1-2H3,(H,19,20)(H,15,17,21). The van der Waals surface area contributed by atoms with Crippen LogP contribution in [-0.2, 0) is 4.79 Å². The molecular formula is C14H22N4O3S. The van der Waals surface area contributed by atoms with Gasteiger partial charge in [0.15, 0.2) is 0 Å². The smallest absolute Gasteiger partial charge is 0.323 e. The molecule has 1 aliphatic heterocycles. The first-order chi connectivity index (χ1) is 10.5. The van der Waals surface area contributed by atoms with Gasteiger partial charge >= 0.3 is 12.0 Å². The van der Waals surface area contributed by atoms with Gasteiger partial charge in [-0.2, -0.15) is 0 Å². The Hall–Kier alpha value is -1.70. The first-order valence-corrected chi connectivity index (χ1v) is 8.48. The molecule has 1 saturated heterocycles. The van der Waals surface area contributed by atoms with E-state index in [0.29, 0.717) is 37.0 Å². The Morgan fingerprint density at radius 2 is 1.95 bits per heavy atom. The normalized spacial score (nSPS) is 16.0. The van der Waals surface area contributed by atoms with Crippen molar-refractivity contribution in [2.45, 2.75) is 45.4 Å². The predicted octanol–water partition coefficient (Wildman–Crippen LogP) is 2.77. The molecule has 0 aromatic carbocycles. The van der Waals surface area contributed by atoms with Gasteiger partial charge in [0.2, 0.25) is 5.13 Å². The highest BCUT2D eigenvalue weighted by Gasteiger charge is 2.27. The quantitative estimate of drug-likeness (QED) is 0.867. The molecule has 7 nitrogen and oxygen atoms in total. The van der Waals surface area contributed by atoms with E-state index in [0.717, 1.165) is 17.8 Å². The number of carboxylic acids is 1. The molecule has 0 saturated carbocycles. The lowest BCUT2D eigenvalue weighted by atomic mass is 9.97. The van der Waals surface area contributed by atoms with Crippen LogP contribution in [0.25, 0.3) is 0 Å². The van der Waals surface area contributed by atoms with Crippen LogP contribution in [0, 0.1) is 5.92 Å². The number of aliphatic carboxylic acids is 1. The fourth-order valence-corrected chi connectivity index (χ4v) is 3.59. The van der Waals surface area contributed by atoms with Crippen LogP contribution in [0.2, 0.25) is 0 Å². The average Bonchev–Trinajstić information content (AvgIpc) is 2.97. The molecule has 1 aromatic rings. The van der Waals surface area contributed by atoms with Gasteiger partial charge in [0.25, 0.3) is 0 Å². The Kier molecular flexibility index (Phi) is 5.70. The molecule has 8 heteroatoms. The number of nitrogens with zero attached hydrogens (tertiary/aromatic N) is 3. The summed E-state index contributed by atoms with van der Waals surface area (Å²) in [4.78, 5) is 24.7. The molecular weight excluding hydrogens is 304 g/mol. The van der Waals surface area contributed by atoms with Crippen molar-refractivity contribution in [3.63, 3.8) is 0 Å². The molecule has 2 rings (SSSR count). The number of aromatic nitrogens is 2. The summed E-state index contributed by atoms with van der Waals surface area (Å²) in [6.45, 7) is 5.14. The molecule has 0 spiro atoms. The van der Waals surface area contributed by atoms with Crippen molar-refractivity contribution >= 4 is 28.5 Å². The predicted molar refractivity (Wildman–Crippen MR) is 84.2 cm³/mol. The zero-order valence-electron chi connectivity index (χ0n) is 12.9. The molecule has 1 aliphatic rings. The van der Waals surface area contributed by atoms with Gasteiger partial charge in [-0.05, 0) is 25.7 Å². The van der Waals surface area contributed by atoms with E-state index in [1.807, 2.05) is 0 Å². The third kappa shape index (κ3) is 3.94. The topological polar surface area (TPSA) is 95.4 Å². The number of amides is 2. The third-order valence-corrected chi connectivity index (χ3v) is 5.12. The second-order valence-corrected chi connectivity index (χ2v) is 6.50. The fourth-order valence-electron chi connectivity index (χ4n) is 2.59. The van der Waals surface area contributed by atoms with Crippen molar-refractivity contribution < 1.29 is 14.7 Å². The second kappa shape index (κ2) is 7.53. The van der Waals surface area contributed by atoms with Crippen LogP contribution in [0.1, 0.15) is 50.5 Å². The van der Waals surface area contributed by atoms with Crippen molar-refractivity contribution in [3.8, 4) is 0 Å². The van der Waals surface area contributed by atoms with Gasteiger partial charge in [-0.25, -0.2) is 4.79 Å². The fraction of sp³-hybridized carbons (Fsp3) is 0.714. The van der Waals surface area contributed by atoms with E-state index < -0.39 is 5.97 Å². The second-order valence-electron chi connectivity index (χ2n) is 5.49. The Morgan fingerprint density at radius 1 is 1.32 bits per heavy atom. The summed E-state index contributed by atoms with van der Waals surface area (Å²) in [5, 5.41) is 21.4. The Balaban J connectivity index is 1.89. The van der Waals surface area contributed by atoms with E-state index in [1.165, 1.54) is 11.3 Å². The summed E-state index contributed by atoms with van der Waals surface area (Å²) in [6, 6.07) is -0.226. The number of anilines is 1. The highest BCUT2D eigenvalue weighted by atomic mass is 32.1. The molecule has 22 heavy (non-hydrogen) atoms. The summed E-state index contributed by atoms with van der Waals surface area (Å²) in [6.07, 6.45) is 3.00. The molecule has 1 fully saturated rings. The number of hydrogen-bond donors (Lipinski definition) is 2. The maximum absolute atomic E-state index is 12.2. The van der Waals surface area contributed by atoms with Gasteiger partial charge in [0.1, 0.15) is 5.01 Å². The van der Waals surface area contributed by atoms with Crippen molar-refractivity contribution in [1.82, 2.24) is 15.1 Å². The first kappa shape index (κ1) is 16.7. The first-order valence-electron chi connectivity index (χ1n) is 7.67. The summed E-state index contributed by atoms with van der Waals surface area (Å²) < 4.78 is 0. The summed E-state index contributed by atoms with van der Waals surface area (Å²) in [7, 11) is 0. The number of carboxylic acid groups (broad SMARTS) is 1. The SMILES string of the molecule is CCC(CC)c1nnc(NC(=O)N2CCC(C(=O)O)CC2)s1. The zero-order valence-corrected chi connectivity index (χ0v) is 13.7. The largest absolute Gasteiger partial charge is 0.481 e. The number of likely N-dealkylation sites (tertiary alicyclic amines) is 1. The van der Waals surface area contributed by atoms with Gasteiger partial charge in [0.05, 0.1) is 5.92 Å². The average molecular weight is 326 g/mol. The number of carbonyl (C=O) groups excluding carboxylic acids is 1. The number of nitrogens with one attached hydrogen (secondary N) is 1. The minimum Gasteiger partial charge on any atom is -0.481 e. The molecule has 0 atom stereocenters. The number of hydrogen-bond acceptors (Lipinski definition) is 5. The van der Waals surface area contributed by atoms with Gasteiger partial charge in [-0.1, -0.05) is 25.2 Å². The molecule has 0 aliphatic carbocycles. The van der Waals surface area contributed by atoms with Crippen LogP contribution >= 0.6 is 11.3 Å². The number of rotatable bonds is 5. The van der Waals surface area contributed by atoms with Crippen molar-refractivity contribution in [3.05, 3.63) is 5.01 Å². The van der Waals surface area contributed by atoms with Gasteiger partial charge in [-0.15, -0.1) is 10.2 Å². The Morgan fingerprint density at radius 3 is 2.50 bits per heavy atom. The number of urea groups is 1. The summed E-state index contributed by atoms with van der Waals surface area (Å²) >= 11 is 1.41. The maximum Gasteiger partial charge on any atom is 0.323 e. The minimum atomic E-state index is -0.779. The van der Waals surface area contributed by atoms with E-state index in [9.17, 15) is 9.59 Å². The van der Waals surface area contributed by atoms with E-state index in [-0.39, 0.29) is 11.9 Å². The van der Waals surface area contributed by atoms with E-state index in [1.54, 1.807) is 4.90 Å².